The Kier molecular flexibility index (Phi) is 12.6. The number of hydrogen-bond acceptors (Lipinski definition) is 7. The van der Waals surface area contributed by atoms with Crippen molar-refractivity contribution in [3.8, 4) is 0 Å². The number of aliphatic carboxylic acids is 1. The minimum atomic E-state index is -1.33. The molecule has 0 aliphatic carbocycles. The molecule has 1 aromatic heterocycles. The summed E-state index contributed by atoms with van der Waals surface area (Å²) in [5, 5.41) is 18.5. The predicted octanol–water partition coefficient (Wildman–Crippen LogP) is 0.838. The number of benzene rings is 2. The number of carboxylic acids is 1. The number of aromatic nitrogens is 1. The summed E-state index contributed by atoms with van der Waals surface area (Å²) in [6, 6.07) is 11.8. The molecule has 0 saturated carbocycles. The first-order valence-electron chi connectivity index (χ1n) is 13.8. The first-order valence-corrected chi connectivity index (χ1v) is 15.2. The standard InChI is InChI=1S/C30H38N6O6S/c1-43-14-13-21(31)27(38)35-24(15-18-7-3-2-4-8-18)29(40)34-23(11-12-26(32)37)28(39)36-25(30(41)42)16-19-17-33-22-10-6-5-9-20(19)22/h2-10,17,21,23-25,33H,11-16,31H2,1H3,(H2,32,37)(H,34,40)(H,35,38)(H,36,39)(H,41,42). The average Bonchev–Trinajstić information content (AvgIpc) is 3.40. The summed E-state index contributed by atoms with van der Waals surface area (Å²) in [6.07, 6.45) is 3.64. The second kappa shape index (κ2) is 16.3. The van der Waals surface area contributed by atoms with Crippen molar-refractivity contribution in [2.24, 2.45) is 11.5 Å². The maximum absolute atomic E-state index is 13.5. The highest BCUT2D eigenvalue weighted by atomic mass is 32.2. The monoisotopic (exact) mass is 610 g/mol. The Morgan fingerprint density at radius 1 is 0.837 bits per heavy atom. The number of nitrogens with two attached hydrogens (primary N) is 2. The molecule has 9 N–H and O–H groups in total. The van der Waals surface area contributed by atoms with Crippen molar-refractivity contribution < 1.29 is 29.1 Å². The van der Waals surface area contributed by atoms with E-state index in [1.54, 1.807) is 30.5 Å². The smallest absolute Gasteiger partial charge is 0.326 e. The molecule has 43 heavy (non-hydrogen) atoms. The summed E-state index contributed by atoms with van der Waals surface area (Å²) in [6.45, 7) is 0. The molecule has 1 heterocycles. The number of aromatic amines is 1. The number of para-hydroxylation sites is 1. The van der Waals surface area contributed by atoms with Gasteiger partial charge in [-0.15, -0.1) is 0 Å². The normalized spacial score (nSPS) is 13.8. The van der Waals surface area contributed by atoms with E-state index in [-0.39, 0.29) is 25.7 Å². The number of rotatable bonds is 17. The van der Waals surface area contributed by atoms with Gasteiger partial charge in [-0.05, 0) is 42.0 Å². The van der Waals surface area contributed by atoms with Crippen LogP contribution in [0.25, 0.3) is 10.9 Å². The highest BCUT2D eigenvalue weighted by Gasteiger charge is 2.31. The van der Waals surface area contributed by atoms with Crippen LogP contribution in [0.2, 0.25) is 0 Å². The van der Waals surface area contributed by atoms with E-state index in [1.165, 1.54) is 11.8 Å². The van der Waals surface area contributed by atoms with Gasteiger partial charge in [-0.25, -0.2) is 4.79 Å². The first-order chi connectivity index (χ1) is 20.6. The fourth-order valence-corrected chi connectivity index (χ4v) is 5.02. The van der Waals surface area contributed by atoms with Gasteiger partial charge in [-0.2, -0.15) is 11.8 Å². The van der Waals surface area contributed by atoms with Crippen LogP contribution in [0.3, 0.4) is 0 Å². The van der Waals surface area contributed by atoms with Crippen molar-refractivity contribution in [1.29, 1.82) is 0 Å². The average molecular weight is 611 g/mol. The molecule has 13 heteroatoms. The van der Waals surface area contributed by atoms with Crippen molar-refractivity contribution in [3.63, 3.8) is 0 Å². The summed E-state index contributed by atoms with van der Waals surface area (Å²) in [7, 11) is 0. The van der Waals surface area contributed by atoms with Crippen LogP contribution in [0, 0.1) is 0 Å². The summed E-state index contributed by atoms with van der Waals surface area (Å²) >= 11 is 1.54. The summed E-state index contributed by atoms with van der Waals surface area (Å²) in [4.78, 5) is 66.5. The fourth-order valence-electron chi connectivity index (χ4n) is 4.53. The van der Waals surface area contributed by atoms with Crippen LogP contribution in [0.4, 0.5) is 0 Å². The third kappa shape index (κ3) is 10.1. The maximum atomic E-state index is 13.5. The molecule has 4 atom stereocenters. The molecule has 0 spiro atoms. The van der Waals surface area contributed by atoms with E-state index in [0.29, 0.717) is 17.7 Å². The van der Waals surface area contributed by atoms with Crippen molar-refractivity contribution in [2.75, 3.05) is 12.0 Å². The lowest BCUT2D eigenvalue weighted by Crippen LogP contribution is -2.58. The number of H-pyrrole nitrogens is 1. The topological polar surface area (TPSA) is 209 Å². The van der Waals surface area contributed by atoms with Crippen LogP contribution in [0.15, 0.2) is 60.8 Å². The van der Waals surface area contributed by atoms with E-state index in [0.717, 1.165) is 16.5 Å². The molecule has 4 unspecified atom stereocenters. The van der Waals surface area contributed by atoms with Crippen LogP contribution in [-0.4, -0.2) is 75.9 Å². The van der Waals surface area contributed by atoms with E-state index >= 15 is 0 Å². The number of carbonyl (C=O) groups excluding carboxylic acids is 4. The Morgan fingerprint density at radius 3 is 2.14 bits per heavy atom. The SMILES string of the molecule is CSCCC(N)C(=O)NC(Cc1ccccc1)C(=O)NC(CCC(N)=O)C(=O)NC(Cc1c[nH]c2ccccc12)C(=O)O. The molecular formula is C30H38N6O6S. The van der Waals surface area contributed by atoms with E-state index in [1.807, 2.05) is 36.6 Å². The Morgan fingerprint density at radius 2 is 1.47 bits per heavy atom. The van der Waals surface area contributed by atoms with Gasteiger partial charge in [0.05, 0.1) is 6.04 Å². The van der Waals surface area contributed by atoms with Gasteiger partial charge in [0.15, 0.2) is 0 Å². The quantitative estimate of drug-likeness (QED) is 0.116. The Labute approximate surface area is 253 Å². The number of carboxylic acid groups (broad SMARTS) is 1. The number of amides is 4. The summed E-state index contributed by atoms with van der Waals surface area (Å²) in [5.41, 5.74) is 13.6. The molecular weight excluding hydrogens is 572 g/mol. The molecule has 12 nitrogen and oxygen atoms in total. The van der Waals surface area contributed by atoms with Crippen LogP contribution in [-0.2, 0) is 36.8 Å². The Balaban J connectivity index is 1.78. The molecule has 0 aliphatic rings. The fraction of sp³-hybridized carbons (Fsp3) is 0.367. The Hall–Kier alpha value is -4.36. The molecule has 0 aliphatic heterocycles. The number of fused-ring (bicyclic) bond motifs is 1. The molecule has 2 aromatic carbocycles. The molecule has 230 valence electrons. The minimum absolute atomic E-state index is 0.0256. The van der Waals surface area contributed by atoms with E-state index in [4.69, 9.17) is 11.5 Å². The van der Waals surface area contributed by atoms with Gasteiger partial charge in [0.1, 0.15) is 18.1 Å². The van der Waals surface area contributed by atoms with Crippen molar-refractivity contribution in [1.82, 2.24) is 20.9 Å². The molecule has 0 radical (unpaired) electrons. The first kappa shape index (κ1) is 33.1. The van der Waals surface area contributed by atoms with E-state index in [2.05, 4.69) is 20.9 Å². The highest BCUT2D eigenvalue weighted by Crippen LogP contribution is 2.19. The maximum Gasteiger partial charge on any atom is 0.326 e. The number of hydrogen-bond donors (Lipinski definition) is 7. The lowest BCUT2D eigenvalue weighted by molar-refractivity contribution is -0.142. The lowest BCUT2D eigenvalue weighted by atomic mass is 10.0. The van der Waals surface area contributed by atoms with Gasteiger partial charge in [-0.1, -0.05) is 48.5 Å². The van der Waals surface area contributed by atoms with Crippen molar-refractivity contribution in [3.05, 3.63) is 71.9 Å². The van der Waals surface area contributed by atoms with Crippen molar-refractivity contribution in [2.45, 2.75) is 56.3 Å². The van der Waals surface area contributed by atoms with Gasteiger partial charge in [0.25, 0.3) is 0 Å². The Bertz CT molecular complexity index is 1410. The molecule has 0 fully saturated rings. The van der Waals surface area contributed by atoms with Crippen molar-refractivity contribution >= 4 is 52.3 Å². The van der Waals surface area contributed by atoms with E-state index in [9.17, 15) is 29.1 Å². The van der Waals surface area contributed by atoms with E-state index < -0.39 is 53.8 Å². The second-order valence-electron chi connectivity index (χ2n) is 10.2. The zero-order valence-corrected chi connectivity index (χ0v) is 24.7. The zero-order valence-electron chi connectivity index (χ0n) is 23.9. The van der Waals surface area contributed by atoms with Crippen LogP contribution >= 0.6 is 11.8 Å². The molecule has 3 aromatic rings. The third-order valence-electron chi connectivity index (χ3n) is 6.91. The van der Waals surface area contributed by atoms with Crippen LogP contribution in [0.5, 0.6) is 0 Å². The number of primary amides is 1. The third-order valence-corrected chi connectivity index (χ3v) is 7.56. The molecule has 0 saturated heterocycles. The van der Waals surface area contributed by atoms with Gasteiger partial charge >= 0.3 is 5.97 Å². The zero-order chi connectivity index (χ0) is 31.4. The number of nitrogens with one attached hydrogen (secondary N) is 4. The number of carbonyl (C=O) groups is 5. The van der Waals surface area contributed by atoms with Gasteiger partial charge in [-0.3, -0.25) is 19.2 Å². The predicted molar refractivity (Wildman–Crippen MR) is 165 cm³/mol. The second-order valence-corrected chi connectivity index (χ2v) is 11.2. The number of thioether (sulfide) groups is 1. The largest absolute Gasteiger partial charge is 0.480 e. The van der Waals surface area contributed by atoms with Crippen LogP contribution in [0.1, 0.15) is 30.4 Å². The lowest BCUT2D eigenvalue weighted by Gasteiger charge is -2.25. The van der Waals surface area contributed by atoms with Crippen LogP contribution < -0.4 is 27.4 Å². The van der Waals surface area contributed by atoms with Gasteiger partial charge in [0.2, 0.25) is 23.6 Å². The molecule has 0 bridgehead atoms. The highest BCUT2D eigenvalue weighted by molar-refractivity contribution is 7.98. The minimum Gasteiger partial charge on any atom is -0.480 e. The summed E-state index contributed by atoms with van der Waals surface area (Å²) in [5.74, 6) is -3.33. The summed E-state index contributed by atoms with van der Waals surface area (Å²) < 4.78 is 0. The molecule has 3 rings (SSSR count). The van der Waals surface area contributed by atoms with Gasteiger partial charge in [0, 0.05) is 36.4 Å². The molecule has 4 amide bonds. The van der Waals surface area contributed by atoms with Gasteiger partial charge < -0.3 is 37.5 Å².